The second-order valence-electron chi connectivity index (χ2n) is 13.4. The van der Waals surface area contributed by atoms with E-state index in [1.54, 1.807) is 17.8 Å². The highest BCUT2D eigenvalue weighted by molar-refractivity contribution is 5.94. The van der Waals surface area contributed by atoms with E-state index in [9.17, 15) is 4.79 Å². The van der Waals surface area contributed by atoms with Crippen LogP contribution in [0.15, 0.2) is 176 Å². The smallest absolute Gasteiger partial charge is 0.343 e. The van der Waals surface area contributed by atoms with Crippen molar-refractivity contribution in [1.82, 2.24) is 30.0 Å². The van der Waals surface area contributed by atoms with Crippen molar-refractivity contribution in [2.45, 2.75) is 32.0 Å². The number of benzene rings is 6. The van der Waals surface area contributed by atoms with Crippen molar-refractivity contribution in [3.8, 4) is 22.5 Å². The summed E-state index contributed by atoms with van der Waals surface area (Å²) in [4.78, 5) is 12.9. The van der Waals surface area contributed by atoms with Crippen LogP contribution in [-0.4, -0.2) is 42.6 Å². The van der Waals surface area contributed by atoms with E-state index in [0.717, 1.165) is 45.4 Å². The van der Waals surface area contributed by atoms with Gasteiger partial charge in [-0.15, -0.1) is 5.10 Å². The largest absolute Gasteiger partial charge is 0.462 e. The Hall–Kier alpha value is -7.13. The molecule has 0 unspecified atom stereocenters. The molecule has 0 saturated heterocycles. The van der Waals surface area contributed by atoms with Gasteiger partial charge in [0.2, 0.25) is 0 Å². The number of hydrogen-bond acceptors (Lipinski definition) is 7. The Bertz CT molecular complexity index is 2400. The molecule has 0 fully saturated rings. The Balaban J connectivity index is 1.11. The minimum Gasteiger partial charge on any atom is -0.462 e. The molecule has 276 valence electrons. The number of aryl methyl sites for hydroxylation is 2. The van der Waals surface area contributed by atoms with Gasteiger partial charge in [-0.25, -0.2) is 9.48 Å². The van der Waals surface area contributed by atoms with E-state index in [4.69, 9.17) is 20.1 Å². The molecule has 56 heavy (non-hydrogen) atoms. The molecule has 0 amide bonds. The van der Waals surface area contributed by atoms with Gasteiger partial charge in [-0.05, 0) is 62.7 Å². The summed E-state index contributed by atoms with van der Waals surface area (Å²) in [6, 6.07) is 58.1. The lowest BCUT2D eigenvalue weighted by Crippen LogP contribution is -2.39. The molecule has 0 bridgehead atoms. The van der Waals surface area contributed by atoms with E-state index in [1.807, 2.05) is 53.2 Å². The maximum absolute atomic E-state index is 12.9. The van der Waals surface area contributed by atoms with Gasteiger partial charge in [0.25, 0.3) is 0 Å². The topological polar surface area (TPSA) is 99.8 Å². The number of rotatable bonds is 14. The quantitative estimate of drug-likeness (QED) is 0.0879. The van der Waals surface area contributed by atoms with Crippen LogP contribution in [0.3, 0.4) is 0 Å². The van der Waals surface area contributed by atoms with Crippen molar-refractivity contribution >= 4 is 11.8 Å². The molecule has 2 aromatic heterocycles. The molecule has 2 heterocycles. The zero-order chi connectivity index (χ0) is 38.2. The highest BCUT2D eigenvalue weighted by Gasteiger charge is 2.42. The lowest BCUT2D eigenvalue weighted by Gasteiger charge is -2.36. The Morgan fingerprint density at radius 3 is 1.80 bits per heavy atom. The van der Waals surface area contributed by atoms with Crippen molar-refractivity contribution < 1.29 is 9.53 Å². The number of anilines is 1. The molecule has 0 aliphatic rings. The average molecular weight is 736 g/mol. The van der Waals surface area contributed by atoms with Gasteiger partial charge in [0.05, 0.1) is 6.61 Å². The van der Waals surface area contributed by atoms with Crippen molar-refractivity contribution in [2.24, 2.45) is 0 Å². The van der Waals surface area contributed by atoms with Crippen LogP contribution in [0.2, 0.25) is 0 Å². The van der Waals surface area contributed by atoms with Crippen molar-refractivity contribution in [3.05, 3.63) is 209 Å². The summed E-state index contributed by atoms with van der Waals surface area (Å²) in [5.74, 6) is 0.736. The molecule has 0 spiro atoms. The van der Waals surface area contributed by atoms with Gasteiger partial charge < -0.3 is 10.1 Å². The van der Waals surface area contributed by atoms with Crippen molar-refractivity contribution in [2.75, 3.05) is 11.9 Å². The van der Waals surface area contributed by atoms with Crippen LogP contribution in [-0.2, 0) is 29.8 Å². The molecule has 9 heteroatoms. The van der Waals surface area contributed by atoms with Crippen LogP contribution in [0, 0.1) is 0 Å². The molecule has 0 aliphatic carbocycles. The lowest BCUT2D eigenvalue weighted by atomic mass is 9.77. The molecular weight excluding hydrogens is 695 g/mol. The molecule has 9 nitrogen and oxygen atoms in total. The molecule has 0 aliphatic heterocycles. The fraction of sp³-hybridized carbons (Fsp3) is 0.128. The first-order chi connectivity index (χ1) is 27.6. The summed E-state index contributed by atoms with van der Waals surface area (Å²) in [7, 11) is 0. The Morgan fingerprint density at radius 2 is 1.21 bits per heavy atom. The van der Waals surface area contributed by atoms with Crippen LogP contribution in [0.4, 0.5) is 5.82 Å². The van der Waals surface area contributed by atoms with Crippen molar-refractivity contribution in [3.63, 3.8) is 0 Å². The van der Waals surface area contributed by atoms with Gasteiger partial charge in [0, 0.05) is 24.8 Å². The van der Waals surface area contributed by atoms with Gasteiger partial charge in [-0.3, -0.25) is 4.68 Å². The van der Waals surface area contributed by atoms with E-state index in [0.29, 0.717) is 30.3 Å². The van der Waals surface area contributed by atoms with Crippen LogP contribution in [0.1, 0.15) is 45.1 Å². The highest BCUT2D eigenvalue weighted by atomic mass is 16.5. The van der Waals surface area contributed by atoms with E-state index in [2.05, 4.69) is 132 Å². The number of nitrogens with zero attached hydrogens (tertiary/aromatic N) is 6. The zero-order valence-electron chi connectivity index (χ0n) is 31.1. The molecule has 6 aromatic carbocycles. The van der Waals surface area contributed by atoms with E-state index in [1.165, 1.54) is 5.56 Å². The fourth-order valence-corrected chi connectivity index (χ4v) is 7.32. The SMILES string of the molecule is CCOC(=O)c1cn(CCc2ccccc2)nc1NCc1ccc(-c2ccccc2-c2nnnn2C(c2ccccc2)(c2ccccc2)c2ccccc2)cc1. The predicted molar refractivity (Wildman–Crippen MR) is 219 cm³/mol. The first-order valence-electron chi connectivity index (χ1n) is 18.8. The average Bonchev–Trinajstić information content (AvgIpc) is 3.93. The van der Waals surface area contributed by atoms with Gasteiger partial charge in [0.15, 0.2) is 11.6 Å². The molecular formula is C47H41N7O2. The maximum Gasteiger partial charge on any atom is 0.343 e. The summed E-state index contributed by atoms with van der Waals surface area (Å²) < 4.78 is 9.13. The van der Waals surface area contributed by atoms with Gasteiger partial charge in [-0.2, -0.15) is 5.10 Å². The number of nitrogens with one attached hydrogen (secondary N) is 1. The standard InChI is InChI=1S/C47H41N7O2/c1-2-56-46(55)43-34-53(32-31-35-17-7-3-8-18-35)50-44(43)48-33-36-27-29-37(30-28-36)41-25-15-16-26-42(41)45-49-51-52-54(45)47(38-19-9-4-10-20-38,39-21-11-5-12-22-39)40-23-13-6-14-24-40/h3-30,34H,2,31-33H2,1H3,(H,48,50). The monoisotopic (exact) mass is 735 g/mol. The summed E-state index contributed by atoms with van der Waals surface area (Å²) in [5, 5.41) is 21.9. The summed E-state index contributed by atoms with van der Waals surface area (Å²) in [6.07, 6.45) is 2.56. The first-order valence-corrected chi connectivity index (χ1v) is 18.8. The first kappa shape index (κ1) is 35.9. The number of esters is 1. The van der Waals surface area contributed by atoms with Crippen LogP contribution >= 0.6 is 0 Å². The zero-order valence-corrected chi connectivity index (χ0v) is 31.1. The van der Waals surface area contributed by atoms with Gasteiger partial charge >= 0.3 is 5.97 Å². The normalized spacial score (nSPS) is 11.3. The number of hydrogen-bond donors (Lipinski definition) is 1. The molecule has 0 atom stereocenters. The fourth-order valence-electron chi connectivity index (χ4n) is 7.32. The van der Waals surface area contributed by atoms with E-state index in [-0.39, 0.29) is 6.61 Å². The maximum atomic E-state index is 12.9. The third-order valence-corrected chi connectivity index (χ3v) is 9.98. The number of tetrazole rings is 1. The Labute approximate surface area is 326 Å². The Morgan fingerprint density at radius 1 is 0.661 bits per heavy atom. The number of carbonyl (C=O) groups excluding carboxylic acids is 1. The predicted octanol–water partition coefficient (Wildman–Crippen LogP) is 9.08. The summed E-state index contributed by atoms with van der Waals surface area (Å²) in [6.45, 7) is 3.19. The second-order valence-corrected chi connectivity index (χ2v) is 13.4. The summed E-state index contributed by atoms with van der Waals surface area (Å²) >= 11 is 0. The van der Waals surface area contributed by atoms with Gasteiger partial charge in [-0.1, -0.05) is 170 Å². The third kappa shape index (κ3) is 7.22. The second kappa shape index (κ2) is 16.5. The number of ether oxygens (including phenoxy) is 1. The highest BCUT2D eigenvalue weighted by Crippen LogP contribution is 2.43. The summed E-state index contributed by atoms with van der Waals surface area (Å²) in [5.41, 5.74) is 7.79. The molecule has 0 saturated carbocycles. The number of aromatic nitrogens is 6. The third-order valence-electron chi connectivity index (χ3n) is 9.98. The van der Waals surface area contributed by atoms with Crippen molar-refractivity contribution in [1.29, 1.82) is 0 Å². The van der Waals surface area contributed by atoms with E-state index >= 15 is 0 Å². The minimum absolute atomic E-state index is 0.286. The van der Waals surface area contributed by atoms with E-state index < -0.39 is 11.5 Å². The molecule has 8 rings (SSSR count). The number of carbonyl (C=O) groups is 1. The lowest BCUT2D eigenvalue weighted by molar-refractivity contribution is 0.0527. The van der Waals surface area contributed by atoms with Crippen LogP contribution < -0.4 is 5.32 Å². The van der Waals surface area contributed by atoms with Gasteiger partial charge in [0.1, 0.15) is 11.1 Å². The molecule has 1 N–H and O–H groups in total. The molecule has 8 aromatic rings. The Kier molecular flexibility index (Phi) is 10.6. The van der Waals surface area contributed by atoms with Crippen LogP contribution in [0.25, 0.3) is 22.5 Å². The molecule has 0 radical (unpaired) electrons. The van der Waals surface area contributed by atoms with Crippen LogP contribution in [0.5, 0.6) is 0 Å². The minimum atomic E-state index is -0.873.